The van der Waals surface area contributed by atoms with Crippen LogP contribution in [0.25, 0.3) is 0 Å². The number of rotatable bonds is 6. The fourth-order valence-corrected chi connectivity index (χ4v) is 2.73. The van der Waals surface area contributed by atoms with Crippen molar-refractivity contribution < 1.29 is 12.8 Å². The Labute approximate surface area is 108 Å². The summed E-state index contributed by atoms with van der Waals surface area (Å²) in [5.41, 5.74) is 7.66. The smallest absolute Gasteiger partial charge is 0.150 e. The van der Waals surface area contributed by atoms with Gasteiger partial charge in [-0.05, 0) is 43.0 Å². The molecule has 0 aliphatic carbocycles. The molecule has 1 aromatic carbocycles. The van der Waals surface area contributed by atoms with Crippen molar-refractivity contribution in [3.8, 4) is 0 Å². The first-order valence-corrected chi connectivity index (χ1v) is 7.90. The minimum absolute atomic E-state index is 0.144. The van der Waals surface area contributed by atoms with E-state index in [1.165, 1.54) is 12.1 Å². The van der Waals surface area contributed by atoms with Gasteiger partial charge in [0, 0.05) is 11.8 Å². The standard InChI is InChI=1S/C13H20FNO2S/c1-3-18(16,17)8-4-5-13(15)12-9-11(14)7-6-10(12)2/h6-7,9,13H,3-5,8,15H2,1-2H3. The highest BCUT2D eigenvalue weighted by atomic mass is 32.2. The molecule has 0 heterocycles. The van der Waals surface area contributed by atoms with Crippen molar-refractivity contribution >= 4 is 9.84 Å². The summed E-state index contributed by atoms with van der Waals surface area (Å²) < 4.78 is 35.8. The molecular formula is C13H20FNO2S. The third kappa shape index (κ3) is 4.38. The Balaban J connectivity index is 2.61. The molecule has 1 aromatic rings. The van der Waals surface area contributed by atoms with E-state index in [9.17, 15) is 12.8 Å². The molecule has 0 saturated carbocycles. The Morgan fingerprint density at radius 2 is 2.06 bits per heavy atom. The van der Waals surface area contributed by atoms with Crippen LogP contribution in [0, 0.1) is 12.7 Å². The van der Waals surface area contributed by atoms with E-state index in [0.29, 0.717) is 12.8 Å². The predicted octanol–water partition coefficient (Wildman–Crippen LogP) is 2.35. The van der Waals surface area contributed by atoms with Crippen LogP contribution in [0.3, 0.4) is 0 Å². The lowest BCUT2D eigenvalue weighted by molar-refractivity contribution is 0.579. The lowest BCUT2D eigenvalue weighted by atomic mass is 9.98. The first-order chi connectivity index (χ1) is 8.35. The molecule has 102 valence electrons. The third-order valence-electron chi connectivity index (χ3n) is 3.05. The summed E-state index contributed by atoms with van der Waals surface area (Å²) in [6.07, 6.45) is 1.05. The van der Waals surface area contributed by atoms with Crippen molar-refractivity contribution in [3.63, 3.8) is 0 Å². The van der Waals surface area contributed by atoms with Crippen molar-refractivity contribution in [2.45, 2.75) is 32.7 Å². The Hall–Kier alpha value is -0.940. The zero-order valence-electron chi connectivity index (χ0n) is 10.8. The van der Waals surface area contributed by atoms with Gasteiger partial charge in [0.2, 0.25) is 0 Å². The van der Waals surface area contributed by atoms with Gasteiger partial charge < -0.3 is 5.73 Å². The molecule has 3 nitrogen and oxygen atoms in total. The molecule has 0 spiro atoms. The Morgan fingerprint density at radius 1 is 1.39 bits per heavy atom. The summed E-state index contributed by atoms with van der Waals surface area (Å²) in [5.74, 6) is -0.0143. The molecule has 1 unspecified atom stereocenters. The number of nitrogens with two attached hydrogens (primary N) is 1. The molecule has 0 bridgehead atoms. The zero-order chi connectivity index (χ0) is 13.8. The van der Waals surface area contributed by atoms with Crippen molar-refractivity contribution in [1.82, 2.24) is 0 Å². The fourth-order valence-electron chi connectivity index (χ4n) is 1.83. The molecule has 2 N–H and O–H groups in total. The third-order valence-corrected chi connectivity index (χ3v) is 4.84. The molecule has 1 rings (SSSR count). The summed E-state index contributed by atoms with van der Waals surface area (Å²) in [5, 5.41) is 0. The number of hydrogen-bond donors (Lipinski definition) is 1. The predicted molar refractivity (Wildman–Crippen MR) is 71.6 cm³/mol. The van der Waals surface area contributed by atoms with E-state index in [-0.39, 0.29) is 23.4 Å². The molecule has 0 aliphatic rings. The fraction of sp³-hybridized carbons (Fsp3) is 0.538. The van der Waals surface area contributed by atoms with Gasteiger partial charge in [0.05, 0.1) is 5.75 Å². The second-order valence-corrected chi connectivity index (χ2v) is 6.96. The Morgan fingerprint density at radius 3 is 2.67 bits per heavy atom. The van der Waals surface area contributed by atoms with Gasteiger partial charge in [-0.25, -0.2) is 12.8 Å². The van der Waals surface area contributed by atoms with Crippen LogP contribution in [-0.2, 0) is 9.84 Å². The molecule has 0 radical (unpaired) electrons. The monoisotopic (exact) mass is 273 g/mol. The van der Waals surface area contributed by atoms with Crippen LogP contribution in [0.5, 0.6) is 0 Å². The van der Waals surface area contributed by atoms with Crippen molar-refractivity contribution in [1.29, 1.82) is 0 Å². The van der Waals surface area contributed by atoms with Gasteiger partial charge in [-0.2, -0.15) is 0 Å². The number of halogens is 1. The van der Waals surface area contributed by atoms with Crippen LogP contribution in [0.15, 0.2) is 18.2 Å². The summed E-state index contributed by atoms with van der Waals surface area (Å²) in [6, 6.07) is 4.20. The number of benzene rings is 1. The van der Waals surface area contributed by atoms with Gasteiger partial charge in [0.15, 0.2) is 0 Å². The molecule has 0 saturated heterocycles. The van der Waals surface area contributed by atoms with E-state index < -0.39 is 9.84 Å². The van der Waals surface area contributed by atoms with Crippen LogP contribution >= 0.6 is 0 Å². The molecule has 0 amide bonds. The van der Waals surface area contributed by atoms with Crippen molar-refractivity contribution in [2.75, 3.05) is 11.5 Å². The van der Waals surface area contributed by atoms with Crippen molar-refractivity contribution in [3.05, 3.63) is 35.1 Å². The molecule has 0 aliphatic heterocycles. The Bertz CT molecular complexity index is 500. The van der Waals surface area contributed by atoms with Crippen LogP contribution < -0.4 is 5.73 Å². The van der Waals surface area contributed by atoms with E-state index in [0.717, 1.165) is 11.1 Å². The van der Waals surface area contributed by atoms with Gasteiger partial charge in [-0.15, -0.1) is 0 Å². The first kappa shape index (κ1) is 15.1. The second kappa shape index (κ2) is 6.29. The second-order valence-electron chi connectivity index (χ2n) is 4.49. The lowest BCUT2D eigenvalue weighted by Crippen LogP contribution is -2.15. The maximum absolute atomic E-state index is 13.1. The maximum Gasteiger partial charge on any atom is 0.150 e. The average Bonchev–Trinajstić information content (AvgIpc) is 2.32. The molecule has 18 heavy (non-hydrogen) atoms. The molecule has 1 atom stereocenters. The Kier molecular flexibility index (Phi) is 5.28. The quantitative estimate of drug-likeness (QED) is 0.865. The topological polar surface area (TPSA) is 60.2 Å². The van der Waals surface area contributed by atoms with Gasteiger partial charge in [0.25, 0.3) is 0 Å². The van der Waals surface area contributed by atoms with E-state index in [1.54, 1.807) is 13.0 Å². The van der Waals surface area contributed by atoms with Gasteiger partial charge in [0.1, 0.15) is 15.7 Å². The molecule has 5 heteroatoms. The molecule has 0 fully saturated rings. The van der Waals surface area contributed by atoms with E-state index in [2.05, 4.69) is 0 Å². The van der Waals surface area contributed by atoms with Crippen LogP contribution in [-0.4, -0.2) is 19.9 Å². The van der Waals surface area contributed by atoms with Crippen LogP contribution in [0.1, 0.15) is 36.9 Å². The average molecular weight is 273 g/mol. The van der Waals surface area contributed by atoms with E-state index in [1.807, 2.05) is 6.92 Å². The summed E-state index contributed by atoms with van der Waals surface area (Å²) in [6.45, 7) is 3.50. The summed E-state index contributed by atoms with van der Waals surface area (Å²) in [4.78, 5) is 0. The minimum Gasteiger partial charge on any atom is -0.324 e. The van der Waals surface area contributed by atoms with E-state index in [4.69, 9.17) is 5.73 Å². The van der Waals surface area contributed by atoms with E-state index >= 15 is 0 Å². The number of sulfone groups is 1. The minimum atomic E-state index is -2.95. The summed E-state index contributed by atoms with van der Waals surface area (Å²) in [7, 11) is -2.95. The van der Waals surface area contributed by atoms with Gasteiger partial charge in [-0.3, -0.25) is 0 Å². The maximum atomic E-state index is 13.1. The highest BCUT2D eigenvalue weighted by Gasteiger charge is 2.12. The normalized spacial score (nSPS) is 13.6. The lowest BCUT2D eigenvalue weighted by Gasteiger charge is -2.14. The number of aryl methyl sites for hydroxylation is 1. The largest absolute Gasteiger partial charge is 0.324 e. The summed E-state index contributed by atoms with van der Waals surface area (Å²) >= 11 is 0. The first-order valence-electron chi connectivity index (χ1n) is 6.08. The SMILES string of the molecule is CCS(=O)(=O)CCCC(N)c1cc(F)ccc1C. The highest BCUT2D eigenvalue weighted by molar-refractivity contribution is 7.91. The molecule has 0 aromatic heterocycles. The van der Waals surface area contributed by atoms with Crippen molar-refractivity contribution in [2.24, 2.45) is 5.73 Å². The van der Waals surface area contributed by atoms with Crippen LogP contribution in [0.4, 0.5) is 4.39 Å². The highest BCUT2D eigenvalue weighted by Crippen LogP contribution is 2.21. The number of hydrogen-bond acceptors (Lipinski definition) is 3. The molecular weight excluding hydrogens is 253 g/mol. The van der Waals surface area contributed by atoms with Gasteiger partial charge in [-0.1, -0.05) is 13.0 Å². The zero-order valence-corrected chi connectivity index (χ0v) is 11.6. The van der Waals surface area contributed by atoms with Gasteiger partial charge >= 0.3 is 0 Å². The van der Waals surface area contributed by atoms with Crippen LogP contribution in [0.2, 0.25) is 0 Å².